The molecule has 0 aromatic heterocycles. The van der Waals surface area contributed by atoms with Crippen LogP contribution in [0.25, 0.3) is 0 Å². The first-order valence-electron chi connectivity index (χ1n) is 5.96. The van der Waals surface area contributed by atoms with Crippen LogP contribution in [0.3, 0.4) is 0 Å². The molecule has 2 rings (SSSR count). The number of ether oxygens (including phenoxy) is 2. The monoisotopic (exact) mass is 236 g/mol. The van der Waals surface area contributed by atoms with E-state index in [0.29, 0.717) is 6.61 Å². The topological polar surface area (TPSA) is 70.5 Å². The van der Waals surface area contributed by atoms with Gasteiger partial charge in [0.2, 0.25) is 0 Å². The number of hydrogen-bond acceptors (Lipinski definition) is 4. The average molecular weight is 236 g/mol. The van der Waals surface area contributed by atoms with E-state index in [0.717, 1.165) is 18.6 Å². The number of nitrogens with two attached hydrogens (primary N) is 2. The first-order chi connectivity index (χ1) is 8.20. The highest BCUT2D eigenvalue weighted by molar-refractivity contribution is 5.27. The summed E-state index contributed by atoms with van der Waals surface area (Å²) in [6.07, 6.45) is 1.67. The van der Waals surface area contributed by atoms with Gasteiger partial charge in [-0.1, -0.05) is 12.1 Å². The summed E-state index contributed by atoms with van der Waals surface area (Å²) in [6, 6.07) is 7.94. The molecular weight excluding hydrogens is 216 g/mol. The fourth-order valence-corrected chi connectivity index (χ4v) is 2.12. The molecule has 1 aliphatic rings. The Balaban J connectivity index is 1.99. The molecule has 0 aliphatic carbocycles. The lowest BCUT2D eigenvalue weighted by Crippen LogP contribution is -2.55. The highest BCUT2D eigenvalue weighted by Gasteiger charge is 2.28. The van der Waals surface area contributed by atoms with Crippen molar-refractivity contribution in [2.75, 3.05) is 13.7 Å². The molecule has 0 amide bonds. The maximum Gasteiger partial charge on any atom is 0.118 e. The molecule has 1 aromatic rings. The molecule has 1 aliphatic heterocycles. The lowest BCUT2D eigenvalue weighted by Gasteiger charge is -2.33. The van der Waals surface area contributed by atoms with Crippen molar-refractivity contribution in [3.8, 4) is 5.75 Å². The van der Waals surface area contributed by atoms with Crippen molar-refractivity contribution in [1.29, 1.82) is 0 Å². The summed E-state index contributed by atoms with van der Waals surface area (Å²) in [5.41, 5.74) is 13.2. The summed E-state index contributed by atoms with van der Waals surface area (Å²) < 4.78 is 10.8. The molecule has 4 N–H and O–H groups in total. The molecule has 94 valence electrons. The van der Waals surface area contributed by atoms with Gasteiger partial charge in [-0.3, -0.25) is 0 Å². The first-order valence-corrected chi connectivity index (χ1v) is 5.96. The van der Waals surface area contributed by atoms with Gasteiger partial charge in [-0.05, 0) is 24.1 Å². The molecule has 0 bridgehead atoms. The van der Waals surface area contributed by atoms with E-state index in [-0.39, 0.29) is 18.2 Å². The number of hydrogen-bond donors (Lipinski definition) is 2. The smallest absolute Gasteiger partial charge is 0.118 e. The van der Waals surface area contributed by atoms with Crippen LogP contribution in [0.2, 0.25) is 0 Å². The zero-order valence-corrected chi connectivity index (χ0v) is 10.1. The van der Waals surface area contributed by atoms with Gasteiger partial charge in [0.05, 0.1) is 13.2 Å². The fourth-order valence-electron chi connectivity index (χ4n) is 2.12. The summed E-state index contributed by atoms with van der Waals surface area (Å²) in [5, 5.41) is 0. The summed E-state index contributed by atoms with van der Waals surface area (Å²) in [6.45, 7) is 0.704. The predicted octanol–water partition coefficient (Wildman–Crippen LogP) is 0.681. The van der Waals surface area contributed by atoms with Crippen LogP contribution in [0.15, 0.2) is 24.3 Å². The predicted molar refractivity (Wildman–Crippen MR) is 67.0 cm³/mol. The zero-order chi connectivity index (χ0) is 12.3. The Kier molecular flexibility index (Phi) is 3.99. The van der Waals surface area contributed by atoms with E-state index in [1.165, 1.54) is 5.56 Å². The molecule has 1 aromatic carbocycles. The van der Waals surface area contributed by atoms with Crippen molar-refractivity contribution in [3.05, 3.63) is 29.8 Å². The van der Waals surface area contributed by atoms with Crippen LogP contribution in [0, 0.1) is 0 Å². The van der Waals surface area contributed by atoms with Crippen LogP contribution < -0.4 is 16.2 Å². The number of benzene rings is 1. The Morgan fingerprint density at radius 3 is 2.65 bits per heavy atom. The summed E-state index contributed by atoms with van der Waals surface area (Å²) in [5.74, 6) is 0.860. The van der Waals surface area contributed by atoms with Gasteiger partial charge in [-0.25, -0.2) is 0 Å². The van der Waals surface area contributed by atoms with E-state index in [1.807, 2.05) is 24.3 Å². The molecule has 0 spiro atoms. The third-order valence-electron chi connectivity index (χ3n) is 3.30. The van der Waals surface area contributed by atoms with E-state index in [4.69, 9.17) is 20.9 Å². The third-order valence-corrected chi connectivity index (χ3v) is 3.30. The molecule has 17 heavy (non-hydrogen) atoms. The second-order valence-corrected chi connectivity index (χ2v) is 4.49. The molecule has 0 saturated carbocycles. The molecule has 1 fully saturated rings. The Morgan fingerprint density at radius 1 is 1.29 bits per heavy atom. The molecule has 1 heterocycles. The summed E-state index contributed by atoms with van der Waals surface area (Å²) in [7, 11) is 1.66. The van der Waals surface area contributed by atoms with Crippen molar-refractivity contribution in [2.24, 2.45) is 11.5 Å². The standard InChI is InChI=1S/C13H20N2O2/c1-16-10-4-2-9(3-5-10)8-12-13(15)11(14)6-7-17-12/h2-5,11-13H,6-8,14-15H2,1H3. The van der Waals surface area contributed by atoms with Gasteiger partial charge in [0.15, 0.2) is 0 Å². The van der Waals surface area contributed by atoms with Gasteiger partial charge in [0.1, 0.15) is 5.75 Å². The molecule has 1 saturated heterocycles. The molecule has 4 heteroatoms. The van der Waals surface area contributed by atoms with E-state index in [1.54, 1.807) is 7.11 Å². The van der Waals surface area contributed by atoms with Crippen LogP contribution in [0.1, 0.15) is 12.0 Å². The Morgan fingerprint density at radius 2 is 2.00 bits per heavy atom. The van der Waals surface area contributed by atoms with E-state index in [9.17, 15) is 0 Å². The van der Waals surface area contributed by atoms with Crippen molar-refractivity contribution in [1.82, 2.24) is 0 Å². The summed E-state index contributed by atoms with van der Waals surface area (Å²) >= 11 is 0. The highest BCUT2D eigenvalue weighted by atomic mass is 16.5. The average Bonchev–Trinajstić information content (AvgIpc) is 2.36. The Hall–Kier alpha value is -1.10. The van der Waals surface area contributed by atoms with Crippen molar-refractivity contribution >= 4 is 0 Å². The highest BCUT2D eigenvalue weighted by Crippen LogP contribution is 2.18. The van der Waals surface area contributed by atoms with Gasteiger partial charge in [-0.15, -0.1) is 0 Å². The van der Waals surface area contributed by atoms with Gasteiger partial charge >= 0.3 is 0 Å². The van der Waals surface area contributed by atoms with E-state index >= 15 is 0 Å². The van der Waals surface area contributed by atoms with Crippen molar-refractivity contribution in [2.45, 2.75) is 31.0 Å². The molecule has 3 unspecified atom stereocenters. The summed E-state index contributed by atoms with van der Waals surface area (Å²) in [4.78, 5) is 0. The zero-order valence-electron chi connectivity index (χ0n) is 10.1. The van der Waals surface area contributed by atoms with Crippen molar-refractivity contribution < 1.29 is 9.47 Å². The normalized spacial score (nSPS) is 29.0. The second-order valence-electron chi connectivity index (χ2n) is 4.49. The molecular formula is C13H20N2O2. The minimum atomic E-state index is -0.0779. The van der Waals surface area contributed by atoms with Gasteiger partial charge in [-0.2, -0.15) is 0 Å². The van der Waals surface area contributed by atoms with Crippen LogP contribution in [-0.4, -0.2) is 31.9 Å². The SMILES string of the molecule is COc1ccc(CC2OCCC(N)C2N)cc1. The first kappa shape index (κ1) is 12.4. The third kappa shape index (κ3) is 2.97. The minimum Gasteiger partial charge on any atom is -0.497 e. The maximum absolute atomic E-state index is 6.05. The maximum atomic E-state index is 6.05. The van der Waals surface area contributed by atoms with Gasteiger partial charge < -0.3 is 20.9 Å². The lowest BCUT2D eigenvalue weighted by molar-refractivity contribution is -0.00647. The molecule has 3 atom stereocenters. The Labute approximate surface area is 102 Å². The van der Waals surface area contributed by atoms with Crippen LogP contribution >= 0.6 is 0 Å². The number of rotatable bonds is 3. The quantitative estimate of drug-likeness (QED) is 0.809. The van der Waals surface area contributed by atoms with Gasteiger partial charge in [0, 0.05) is 25.1 Å². The lowest BCUT2D eigenvalue weighted by atomic mass is 9.93. The largest absolute Gasteiger partial charge is 0.497 e. The van der Waals surface area contributed by atoms with Gasteiger partial charge in [0.25, 0.3) is 0 Å². The second kappa shape index (κ2) is 5.49. The van der Waals surface area contributed by atoms with Crippen molar-refractivity contribution in [3.63, 3.8) is 0 Å². The van der Waals surface area contributed by atoms with Crippen LogP contribution in [0.4, 0.5) is 0 Å². The molecule has 4 nitrogen and oxygen atoms in total. The number of methoxy groups -OCH3 is 1. The van der Waals surface area contributed by atoms with Crippen LogP contribution in [0.5, 0.6) is 5.75 Å². The van der Waals surface area contributed by atoms with E-state index < -0.39 is 0 Å². The molecule has 0 radical (unpaired) electrons. The Bertz CT molecular complexity index is 353. The van der Waals surface area contributed by atoms with E-state index in [2.05, 4.69) is 0 Å². The fraction of sp³-hybridized carbons (Fsp3) is 0.538. The minimum absolute atomic E-state index is 0.0205. The van der Waals surface area contributed by atoms with Crippen LogP contribution in [-0.2, 0) is 11.2 Å².